The quantitative estimate of drug-likeness (QED) is 0.00940. The molecule has 4 heterocycles. The summed E-state index contributed by atoms with van der Waals surface area (Å²) in [5, 5.41) is 10.4. The normalized spacial score (nSPS) is 21.7. The van der Waals surface area contributed by atoms with Gasteiger partial charge < -0.3 is 50.7 Å². The van der Waals surface area contributed by atoms with E-state index in [0.29, 0.717) is 30.4 Å². The number of carbonyl (C=O) groups excluding carboxylic acids is 11. The zero-order valence-electron chi connectivity index (χ0n) is 35.3. The Morgan fingerprint density at radius 1 is 0.697 bits per heavy atom. The summed E-state index contributed by atoms with van der Waals surface area (Å²) < 4.78 is 67.3. The number of amides is 10. The Morgan fingerprint density at radius 2 is 1.21 bits per heavy atom. The molecule has 4 fully saturated rings. The largest absolute Gasteiger partial charge is 1.00 e. The number of urea groups is 1. The van der Waals surface area contributed by atoms with E-state index in [-0.39, 0.29) is 105 Å². The summed E-state index contributed by atoms with van der Waals surface area (Å²) in [7, 11) is -7.94. The molecule has 0 aromatic rings. The van der Waals surface area contributed by atoms with Crippen LogP contribution in [0.15, 0.2) is 0 Å². The number of rotatable bonds is 25. The van der Waals surface area contributed by atoms with E-state index in [1.54, 1.807) is 11.8 Å². The topological polar surface area (TPSA) is 399 Å². The minimum absolute atomic E-state index is 0. The van der Waals surface area contributed by atoms with Crippen molar-refractivity contribution >= 4 is 119 Å². The molecule has 4 unspecified atom stereocenters. The molecular formula is C32H42N8Na2O19S5. The second-order valence-electron chi connectivity index (χ2n) is 14.0. The first-order valence-electron chi connectivity index (χ1n) is 19.2. The molecule has 34 heteroatoms. The Kier molecular flexibility index (Phi) is 24.7. The molecule has 0 bridgehead atoms. The van der Waals surface area contributed by atoms with Gasteiger partial charge >= 0.3 is 77.1 Å². The fraction of sp³-hybridized carbons (Fsp3) is 0.656. The molecule has 4 saturated heterocycles. The number of carbonyl (C=O) groups is 11. The second kappa shape index (κ2) is 27.4. The fourth-order valence-corrected chi connectivity index (χ4v) is 11.0. The summed E-state index contributed by atoms with van der Waals surface area (Å²) in [6, 6.07) is -1.96. The summed E-state index contributed by atoms with van der Waals surface area (Å²) >= 11 is 1.80. The molecule has 10 amide bonds. The van der Waals surface area contributed by atoms with Gasteiger partial charge in [-0.1, -0.05) is 28.0 Å². The van der Waals surface area contributed by atoms with Crippen LogP contribution in [0.5, 0.6) is 0 Å². The molecule has 0 saturated carbocycles. The molecule has 5 atom stereocenters. The minimum atomic E-state index is -5.25. The zero-order chi connectivity index (χ0) is 47.4. The van der Waals surface area contributed by atoms with Crippen molar-refractivity contribution in [1.82, 2.24) is 42.0 Å². The van der Waals surface area contributed by atoms with Crippen LogP contribution in [0.1, 0.15) is 57.8 Å². The van der Waals surface area contributed by atoms with Crippen LogP contribution in [0.25, 0.3) is 0 Å². The number of fused-ring (bicyclic) bond motifs is 1. The van der Waals surface area contributed by atoms with Crippen LogP contribution in [0, 0.1) is 0 Å². The summed E-state index contributed by atoms with van der Waals surface area (Å²) in [5.74, 6) is -10.4. The molecule has 4 aliphatic rings. The number of hydroxylamine groups is 4. The third-order valence-electron chi connectivity index (χ3n) is 9.38. The van der Waals surface area contributed by atoms with Gasteiger partial charge in [-0.15, -0.1) is 10.1 Å². The van der Waals surface area contributed by atoms with Crippen molar-refractivity contribution < 1.29 is 147 Å². The van der Waals surface area contributed by atoms with E-state index in [0.717, 1.165) is 18.6 Å². The summed E-state index contributed by atoms with van der Waals surface area (Å²) in [4.78, 5) is 144. The van der Waals surface area contributed by atoms with Gasteiger partial charge in [-0.05, 0) is 12.8 Å². The number of thioether (sulfide) groups is 1. The van der Waals surface area contributed by atoms with Gasteiger partial charge in [0, 0.05) is 55.0 Å². The molecule has 356 valence electrons. The first-order valence-corrected chi connectivity index (χ1v) is 25.6. The van der Waals surface area contributed by atoms with E-state index in [1.807, 2.05) is 0 Å². The molecule has 4 aliphatic heterocycles. The van der Waals surface area contributed by atoms with Crippen molar-refractivity contribution in [2.24, 2.45) is 0 Å². The second-order valence-corrected chi connectivity index (χ2v) is 21.1. The minimum Gasteiger partial charge on any atom is -0.747 e. The third kappa shape index (κ3) is 18.0. The first-order chi connectivity index (χ1) is 30.1. The standard InChI is InChI=1S/C32H44N8O19S5.2Na/c41-20(4-2-1-3-17-26-16(15-60-17)36-32(51)38-26)33-10-12-62-61-11-7-21(42)37-27(28(47)34-8-5-24(45)58-39-22(43)13-18(30(39)49)63(52,53)54)29(48)35-9-6-25(46)59-40-23(44)14-19(31(40)50)64(55,56)57;;/h16-19,26-27H,1-15H2,(H,33,41)(H,34,47)(H,35,48)(H,37,42)(H2,36,38,51)(H,52,53,54)(H,55,56,57);;/q;2*+1/p-2/t16?,17-,18?,19?,26?,27?;;/m0../s1. The number of nitrogens with zero attached hydrogens (tertiary/aromatic N) is 2. The van der Waals surface area contributed by atoms with Gasteiger partial charge in [0.15, 0.2) is 6.04 Å². The van der Waals surface area contributed by atoms with Gasteiger partial charge in [0.05, 0.1) is 37.8 Å². The van der Waals surface area contributed by atoms with Gasteiger partial charge in [0.2, 0.25) is 11.8 Å². The van der Waals surface area contributed by atoms with Crippen LogP contribution in [0.2, 0.25) is 0 Å². The van der Waals surface area contributed by atoms with E-state index in [1.165, 1.54) is 21.6 Å². The SMILES string of the molecule is O=C(CCCC[C@@H]1SCC2NC(=O)NC21)NCCSSCCC(=O)NC(C(=O)NCCC(=O)ON1C(=O)CC(S(=O)(=O)[O-])C1=O)C(=O)NCCC(=O)ON1C(=O)CC(S(=O)(=O)[O-])C1=O.[Na+].[Na+]. The smallest absolute Gasteiger partial charge is 0.747 e. The molecule has 6 N–H and O–H groups in total. The van der Waals surface area contributed by atoms with Crippen LogP contribution in [0.4, 0.5) is 4.79 Å². The van der Waals surface area contributed by atoms with Crippen LogP contribution >= 0.6 is 33.3 Å². The van der Waals surface area contributed by atoms with Gasteiger partial charge in [-0.25, -0.2) is 31.2 Å². The Labute approximate surface area is 433 Å². The average molecular weight is 1050 g/mol. The van der Waals surface area contributed by atoms with Gasteiger partial charge in [-0.2, -0.15) is 11.8 Å². The van der Waals surface area contributed by atoms with Crippen molar-refractivity contribution in [3.05, 3.63) is 0 Å². The van der Waals surface area contributed by atoms with Gasteiger partial charge in [0.25, 0.3) is 35.4 Å². The zero-order valence-corrected chi connectivity index (χ0v) is 43.3. The monoisotopic (exact) mass is 1050 g/mol. The van der Waals surface area contributed by atoms with Crippen molar-refractivity contribution in [3.8, 4) is 0 Å². The molecular weight excluding hydrogens is 1010 g/mol. The summed E-state index contributed by atoms with van der Waals surface area (Å²) in [6.07, 6.45) is -1.23. The Morgan fingerprint density at radius 3 is 1.71 bits per heavy atom. The molecule has 0 spiro atoms. The molecule has 4 rings (SSSR count). The Balaban J connectivity index is 0.00000748. The van der Waals surface area contributed by atoms with Gasteiger partial charge in [0.1, 0.15) is 30.7 Å². The summed E-state index contributed by atoms with van der Waals surface area (Å²) in [5.41, 5.74) is 0. The third-order valence-corrected chi connectivity index (χ3v) is 15.4. The molecule has 0 radical (unpaired) electrons. The Hall–Kier alpha value is -2.76. The predicted octanol–water partition coefficient (Wildman–Crippen LogP) is -10.6. The number of nitrogens with one attached hydrogen (secondary N) is 6. The summed E-state index contributed by atoms with van der Waals surface area (Å²) in [6.45, 7) is -0.959. The molecule has 0 aliphatic carbocycles. The van der Waals surface area contributed by atoms with Gasteiger partial charge in [-0.3, -0.25) is 38.4 Å². The number of hydrogen-bond acceptors (Lipinski definition) is 22. The fourth-order valence-electron chi connectivity index (χ4n) is 6.21. The van der Waals surface area contributed by atoms with E-state index < -0.39 is 129 Å². The average Bonchev–Trinajstić information content (AvgIpc) is 3.93. The number of imide groups is 2. The Bertz CT molecular complexity index is 2020. The predicted molar refractivity (Wildman–Crippen MR) is 216 cm³/mol. The van der Waals surface area contributed by atoms with Crippen LogP contribution in [0.3, 0.4) is 0 Å². The maximum atomic E-state index is 13.0. The number of hydrogen-bond donors (Lipinski definition) is 6. The van der Waals surface area contributed by atoms with E-state index in [2.05, 4.69) is 41.6 Å². The van der Waals surface area contributed by atoms with Crippen molar-refractivity contribution in [2.75, 3.05) is 36.9 Å². The maximum Gasteiger partial charge on any atom is 1.00 e. The van der Waals surface area contributed by atoms with E-state index in [4.69, 9.17) is 0 Å². The van der Waals surface area contributed by atoms with Crippen LogP contribution < -0.4 is 91.0 Å². The molecule has 0 aromatic heterocycles. The molecule has 27 nitrogen and oxygen atoms in total. The number of unbranched alkanes of at least 4 members (excludes halogenated alkanes) is 1. The van der Waals surface area contributed by atoms with Crippen molar-refractivity contribution in [1.29, 1.82) is 0 Å². The van der Waals surface area contributed by atoms with Crippen molar-refractivity contribution in [3.63, 3.8) is 0 Å². The maximum absolute atomic E-state index is 13.0. The molecule has 66 heavy (non-hydrogen) atoms. The first kappa shape index (κ1) is 59.4. The van der Waals surface area contributed by atoms with Crippen molar-refractivity contribution in [2.45, 2.75) is 91.7 Å². The van der Waals surface area contributed by atoms with E-state index in [9.17, 15) is 78.7 Å². The van der Waals surface area contributed by atoms with Crippen LogP contribution in [-0.4, -0.2) is 172 Å². The van der Waals surface area contributed by atoms with Crippen LogP contribution in [-0.2, 0) is 77.9 Å². The molecule has 0 aromatic carbocycles. The van der Waals surface area contributed by atoms with E-state index >= 15 is 0 Å².